The van der Waals surface area contributed by atoms with Gasteiger partial charge in [0.2, 0.25) is 5.91 Å². The molecule has 1 unspecified atom stereocenters. The number of hydrogen-bond donors (Lipinski definition) is 1. The highest BCUT2D eigenvalue weighted by Crippen LogP contribution is 2.36. The van der Waals surface area contributed by atoms with E-state index in [2.05, 4.69) is 33.4 Å². The third-order valence-corrected chi connectivity index (χ3v) is 5.96. The average molecular weight is 404 g/mol. The lowest BCUT2D eigenvalue weighted by Gasteiger charge is -2.28. The van der Waals surface area contributed by atoms with E-state index in [4.69, 9.17) is 0 Å². The van der Waals surface area contributed by atoms with Crippen molar-refractivity contribution in [3.63, 3.8) is 0 Å². The van der Waals surface area contributed by atoms with E-state index in [0.717, 1.165) is 29.7 Å². The highest BCUT2D eigenvalue weighted by atomic mass is 19.1. The van der Waals surface area contributed by atoms with E-state index in [0.29, 0.717) is 25.1 Å². The summed E-state index contributed by atoms with van der Waals surface area (Å²) in [6.45, 7) is 1.89. The van der Waals surface area contributed by atoms with Crippen LogP contribution in [0.1, 0.15) is 17.5 Å². The molecule has 4 rings (SSSR count). The van der Waals surface area contributed by atoms with E-state index in [1.165, 1.54) is 6.07 Å². The lowest BCUT2D eigenvalue weighted by atomic mass is 9.79. The standard InChI is InChI=1S/C25H26FN3O/c1-27-24(30)25(11-13-29(18-25)17-22-7-2-3-10-23(22)26)15-19-6-4-8-20(14-19)21-9-5-12-28-16-21/h2-10,12,14,16H,11,13,15,17-18H2,1H3,(H,27,30). The van der Waals surface area contributed by atoms with Crippen LogP contribution in [-0.2, 0) is 17.8 Å². The second-order valence-electron chi connectivity index (χ2n) is 8.03. The van der Waals surface area contributed by atoms with E-state index in [9.17, 15) is 9.18 Å². The molecule has 1 amide bonds. The predicted molar refractivity (Wildman–Crippen MR) is 116 cm³/mol. The molecule has 0 bridgehead atoms. The van der Waals surface area contributed by atoms with Gasteiger partial charge in [-0.25, -0.2) is 4.39 Å². The summed E-state index contributed by atoms with van der Waals surface area (Å²) in [7, 11) is 1.69. The van der Waals surface area contributed by atoms with Crippen molar-refractivity contribution in [2.24, 2.45) is 5.41 Å². The van der Waals surface area contributed by atoms with Crippen molar-refractivity contribution in [3.8, 4) is 11.1 Å². The van der Waals surface area contributed by atoms with Gasteiger partial charge in [0, 0.05) is 38.1 Å². The van der Waals surface area contributed by atoms with Gasteiger partial charge in [0.25, 0.3) is 0 Å². The van der Waals surface area contributed by atoms with Gasteiger partial charge in [0.1, 0.15) is 5.82 Å². The van der Waals surface area contributed by atoms with Crippen LogP contribution in [-0.4, -0.2) is 35.9 Å². The summed E-state index contributed by atoms with van der Waals surface area (Å²) in [5.74, 6) is -0.149. The number of amides is 1. The highest BCUT2D eigenvalue weighted by molar-refractivity contribution is 5.83. The Labute approximate surface area is 176 Å². The zero-order chi connectivity index (χ0) is 21.0. The number of benzene rings is 2. The molecule has 1 fully saturated rings. The lowest BCUT2D eigenvalue weighted by Crippen LogP contribution is -2.43. The Morgan fingerprint density at radius 3 is 2.73 bits per heavy atom. The summed E-state index contributed by atoms with van der Waals surface area (Å²) in [5.41, 5.74) is 3.42. The molecule has 2 aromatic carbocycles. The Morgan fingerprint density at radius 2 is 1.97 bits per heavy atom. The Morgan fingerprint density at radius 1 is 1.13 bits per heavy atom. The van der Waals surface area contributed by atoms with Gasteiger partial charge in [0.15, 0.2) is 0 Å². The molecule has 154 valence electrons. The van der Waals surface area contributed by atoms with Crippen LogP contribution < -0.4 is 5.32 Å². The van der Waals surface area contributed by atoms with Gasteiger partial charge in [-0.15, -0.1) is 0 Å². The molecule has 1 aliphatic rings. The third kappa shape index (κ3) is 4.26. The molecule has 5 heteroatoms. The molecule has 1 atom stereocenters. The van der Waals surface area contributed by atoms with Crippen LogP contribution in [0.25, 0.3) is 11.1 Å². The zero-order valence-corrected chi connectivity index (χ0v) is 17.1. The first-order valence-electron chi connectivity index (χ1n) is 10.3. The summed E-state index contributed by atoms with van der Waals surface area (Å²) in [4.78, 5) is 19.3. The minimum Gasteiger partial charge on any atom is -0.359 e. The van der Waals surface area contributed by atoms with Crippen molar-refractivity contribution in [3.05, 3.63) is 90.0 Å². The number of likely N-dealkylation sites (tertiary alicyclic amines) is 1. The Bertz CT molecular complexity index is 1020. The van der Waals surface area contributed by atoms with Gasteiger partial charge >= 0.3 is 0 Å². The molecule has 4 nitrogen and oxygen atoms in total. The van der Waals surface area contributed by atoms with Gasteiger partial charge in [-0.2, -0.15) is 0 Å². The predicted octanol–water partition coefficient (Wildman–Crippen LogP) is 4.07. The maximum Gasteiger partial charge on any atom is 0.227 e. The van der Waals surface area contributed by atoms with Crippen molar-refractivity contribution in [1.29, 1.82) is 0 Å². The van der Waals surface area contributed by atoms with Gasteiger partial charge in [-0.3, -0.25) is 14.7 Å². The molecule has 0 aliphatic carbocycles. The van der Waals surface area contributed by atoms with E-state index in [1.807, 2.05) is 36.5 Å². The number of carbonyl (C=O) groups excluding carboxylic acids is 1. The second-order valence-corrected chi connectivity index (χ2v) is 8.03. The first kappa shape index (κ1) is 20.2. The van der Waals surface area contributed by atoms with Crippen molar-refractivity contribution in [2.75, 3.05) is 20.1 Å². The SMILES string of the molecule is CNC(=O)C1(Cc2cccc(-c3cccnc3)c2)CCN(Cc2ccccc2F)C1. The second kappa shape index (κ2) is 8.76. The number of aromatic nitrogens is 1. The third-order valence-electron chi connectivity index (χ3n) is 5.96. The van der Waals surface area contributed by atoms with Crippen LogP contribution in [0.2, 0.25) is 0 Å². The van der Waals surface area contributed by atoms with E-state index >= 15 is 0 Å². The minimum atomic E-state index is -0.520. The molecule has 1 saturated heterocycles. The van der Waals surface area contributed by atoms with Crippen LogP contribution in [0, 0.1) is 11.2 Å². The Hall–Kier alpha value is -3.05. The number of nitrogens with zero attached hydrogens (tertiary/aromatic N) is 2. The fourth-order valence-electron chi connectivity index (χ4n) is 4.42. The number of rotatable bonds is 6. The first-order chi connectivity index (χ1) is 14.6. The molecule has 3 aromatic rings. The van der Waals surface area contributed by atoms with Crippen molar-refractivity contribution in [2.45, 2.75) is 19.4 Å². The summed E-state index contributed by atoms with van der Waals surface area (Å²) in [6.07, 6.45) is 5.00. The molecule has 1 aromatic heterocycles. The van der Waals surface area contributed by atoms with Crippen LogP contribution in [0.4, 0.5) is 4.39 Å². The summed E-state index contributed by atoms with van der Waals surface area (Å²) < 4.78 is 14.1. The topological polar surface area (TPSA) is 45.2 Å². The van der Waals surface area contributed by atoms with Crippen LogP contribution in [0.5, 0.6) is 0 Å². The van der Waals surface area contributed by atoms with E-state index in [-0.39, 0.29) is 11.7 Å². The quantitative estimate of drug-likeness (QED) is 0.675. The largest absolute Gasteiger partial charge is 0.359 e. The summed E-state index contributed by atoms with van der Waals surface area (Å²) >= 11 is 0. The monoisotopic (exact) mass is 403 g/mol. The van der Waals surface area contributed by atoms with Crippen LogP contribution in [0.3, 0.4) is 0 Å². The van der Waals surface area contributed by atoms with Gasteiger partial charge < -0.3 is 5.32 Å². The van der Waals surface area contributed by atoms with Crippen LogP contribution in [0.15, 0.2) is 73.1 Å². The summed E-state index contributed by atoms with van der Waals surface area (Å²) in [5, 5.41) is 2.86. The number of hydrogen-bond acceptors (Lipinski definition) is 3. The number of carbonyl (C=O) groups is 1. The Balaban J connectivity index is 1.55. The van der Waals surface area contributed by atoms with Gasteiger partial charge in [-0.1, -0.05) is 48.5 Å². The molecule has 1 aliphatic heterocycles. The minimum absolute atomic E-state index is 0.0466. The van der Waals surface area contributed by atoms with E-state index in [1.54, 1.807) is 19.3 Å². The lowest BCUT2D eigenvalue weighted by molar-refractivity contribution is -0.130. The molecule has 0 saturated carbocycles. The van der Waals surface area contributed by atoms with E-state index < -0.39 is 5.41 Å². The first-order valence-corrected chi connectivity index (χ1v) is 10.3. The number of nitrogens with one attached hydrogen (secondary N) is 1. The smallest absolute Gasteiger partial charge is 0.227 e. The maximum atomic E-state index is 14.1. The average Bonchev–Trinajstić information content (AvgIpc) is 3.19. The maximum absolute atomic E-state index is 14.1. The molecule has 30 heavy (non-hydrogen) atoms. The molecular formula is C25H26FN3O. The number of halogens is 1. The number of pyridine rings is 1. The van der Waals surface area contributed by atoms with Crippen molar-refractivity contribution >= 4 is 5.91 Å². The van der Waals surface area contributed by atoms with Crippen molar-refractivity contribution in [1.82, 2.24) is 15.2 Å². The molecule has 0 spiro atoms. The van der Waals surface area contributed by atoms with Gasteiger partial charge in [0.05, 0.1) is 5.41 Å². The molecule has 2 heterocycles. The molecule has 1 N–H and O–H groups in total. The highest BCUT2D eigenvalue weighted by Gasteiger charge is 2.44. The van der Waals surface area contributed by atoms with Gasteiger partial charge in [-0.05, 0) is 48.2 Å². The molecule has 0 radical (unpaired) electrons. The van der Waals surface area contributed by atoms with Crippen molar-refractivity contribution < 1.29 is 9.18 Å². The fraction of sp³-hybridized carbons (Fsp3) is 0.280. The Kier molecular flexibility index (Phi) is 5.91. The zero-order valence-electron chi connectivity index (χ0n) is 17.1. The summed E-state index contributed by atoms with van der Waals surface area (Å²) in [6, 6.07) is 19.1. The fourth-order valence-corrected chi connectivity index (χ4v) is 4.42. The molecular weight excluding hydrogens is 377 g/mol. The normalized spacial score (nSPS) is 19.0. The van der Waals surface area contributed by atoms with Crippen LogP contribution >= 0.6 is 0 Å².